The molecule has 2 aromatic carbocycles. The SMILES string of the molecule is COc1cc(NC(=O)C(C)Sc2nc3scc(-c4ccccc4)c3c(=O)n2C)cc(OC)c1. The molecule has 0 aliphatic carbocycles. The number of nitrogens with one attached hydrogen (secondary N) is 1. The van der Waals surface area contributed by atoms with Crippen LogP contribution in [0.3, 0.4) is 0 Å². The number of ether oxygens (including phenoxy) is 2. The minimum atomic E-state index is -0.494. The van der Waals surface area contributed by atoms with Crippen molar-refractivity contribution in [3.63, 3.8) is 0 Å². The summed E-state index contributed by atoms with van der Waals surface area (Å²) in [5.41, 5.74) is 2.28. The summed E-state index contributed by atoms with van der Waals surface area (Å²) in [6.07, 6.45) is 0. The van der Waals surface area contributed by atoms with Gasteiger partial charge in [-0.2, -0.15) is 0 Å². The molecule has 0 aliphatic rings. The normalized spacial score (nSPS) is 11.9. The van der Waals surface area contributed by atoms with E-state index in [9.17, 15) is 9.59 Å². The fraction of sp³-hybridized carbons (Fsp3) is 0.208. The molecular weight excluding hydrogens is 458 g/mol. The number of aromatic nitrogens is 2. The molecular formula is C24H23N3O4S2. The van der Waals surface area contributed by atoms with E-state index in [-0.39, 0.29) is 11.5 Å². The molecule has 0 fully saturated rings. The van der Waals surface area contributed by atoms with E-state index in [1.807, 2.05) is 35.7 Å². The lowest BCUT2D eigenvalue weighted by atomic mass is 10.1. The number of anilines is 1. The zero-order chi connectivity index (χ0) is 23.5. The smallest absolute Gasteiger partial charge is 0.263 e. The first-order valence-corrected chi connectivity index (χ1v) is 11.9. The molecule has 170 valence electrons. The Kier molecular flexibility index (Phi) is 6.71. The summed E-state index contributed by atoms with van der Waals surface area (Å²) in [5, 5.41) is 5.42. The van der Waals surface area contributed by atoms with E-state index in [1.54, 1.807) is 46.4 Å². The molecule has 0 aliphatic heterocycles. The Hall–Kier alpha value is -3.30. The molecule has 1 unspecified atom stereocenters. The maximum atomic E-state index is 13.2. The predicted molar refractivity (Wildman–Crippen MR) is 134 cm³/mol. The molecule has 1 amide bonds. The highest BCUT2D eigenvalue weighted by molar-refractivity contribution is 8.00. The highest BCUT2D eigenvalue weighted by atomic mass is 32.2. The van der Waals surface area contributed by atoms with Crippen molar-refractivity contribution in [3.8, 4) is 22.6 Å². The average molecular weight is 482 g/mol. The number of hydrogen-bond acceptors (Lipinski definition) is 7. The molecule has 0 radical (unpaired) electrons. The van der Waals surface area contributed by atoms with Gasteiger partial charge >= 0.3 is 0 Å². The molecule has 7 nitrogen and oxygen atoms in total. The number of carbonyl (C=O) groups is 1. The number of rotatable bonds is 7. The second-order valence-electron chi connectivity index (χ2n) is 7.30. The zero-order valence-corrected chi connectivity index (χ0v) is 20.3. The van der Waals surface area contributed by atoms with Crippen molar-refractivity contribution in [1.29, 1.82) is 0 Å². The number of nitrogens with zero attached hydrogens (tertiary/aromatic N) is 2. The lowest BCUT2D eigenvalue weighted by Crippen LogP contribution is -2.25. The van der Waals surface area contributed by atoms with Gasteiger partial charge in [-0.05, 0) is 12.5 Å². The first-order chi connectivity index (χ1) is 15.9. The monoisotopic (exact) mass is 481 g/mol. The summed E-state index contributed by atoms with van der Waals surface area (Å²) >= 11 is 2.66. The first kappa shape index (κ1) is 22.9. The van der Waals surface area contributed by atoms with E-state index < -0.39 is 5.25 Å². The predicted octanol–water partition coefficient (Wildman–Crippen LogP) is 4.80. The van der Waals surface area contributed by atoms with Crippen molar-refractivity contribution in [3.05, 3.63) is 64.3 Å². The second-order valence-corrected chi connectivity index (χ2v) is 9.47. The van der Waals surface area contributed by atoms with Gasteiger partial charge in [0.05, 0.1) is 24.9 Å². The number of benzene rings is 2. The van der Waals surface area contributed by atoms with Gasteiger partial charge in [0.15, 0.2) is 5.16 Å². The summed E-state index contributed by atoms with van der Waals surface area (Å²) in [6.45, 7) is 1.78. The molecule has 2 aromatic heterocycles. The fourth-order valence-corrected chi connectivity index (χ4v) is 5.19. The Morgan fingerprint density at radius 1 is 1.12 bits per heavy atom. The summed E-state index contributed by atoms with van der Waals surface area (Å²) in [7, 11) is 4.78. The van der Waals surface area contributed by atoms with Gasteiger partial charge in [-0.25, -0.2) is 4.98 Å². The molecule has 1 N–H and O–H groups in total. The summed E-state index contributed by atoms with van der Waals surface area (Å²) in [6, 6.07) is 14.9. The minimum Gasteiger partial charge on any atom is -0.497 e. The van der Waals surface area contributed by atoms with Crippen molar-refractivity contribution in [2.45, 2.75) is 17.3 Å². The van der Waals surface area contributed by atoms with Gasteiger partial charge in [-0.1, -0.05) is 42.1 Å². The molecule has 4 rings (SSSR count). The topological polar surface area (TPSA) is 82.5 Å². The number of methoxy groups -OCH3 is 2. The Labute approximate surface area is 199 Å². The Bertz CT molecular complexity index is 1340. The van der Waals surface area contributed by atoms with E-state index in [4.69, 9.17) is 14.5 Å². The molecule has 0 spiro atoms. The van der Waals surface area contributed by atoms with Crippen LogP contribution >= 0.6 is 23.1 Å². The molecule has 33 heavy (non-hydrogen) atoms. The van der Waals surface area contributed by atoms with Crippen molar-refractivity contribution < 1.29 is 14.3 Å². The van der Waals surface area contributed by atoms with E-state index in [0.717, 1.165) is 11.1 Å². The average Bonchev–Trinajstić information content (AvgIpc) is 3.26. The van der Waals surface area contributed by atoms with Crippen LogP contribution in [0.25, 0.3) is 21.3 Å². The van der Waals surface area contributed by atoms with Gasteiger partial charge in [0.25, 0.3) is 5.56 Å². The van der Waals surface area contributed by atoms with Crippen LogP contribution in [0.2, 0.25) is 0 Å². The number of fused-ring (bicyclic) bond motifs is 1. The lowest BCUT2D eigenvalue weighted by molar-refractivity contribution is -0.115. The van der Waals surface area contributed by atoms with Crippen molar-refractivity contribution in [2.24, 2.45) is 7.05 Å². The Morgan fingerprint density at radius 3 is 2.42 bits per heavy atom. The Morgan fingerprint density at radius 2 is 1.79 bits per heavy atom. The van der Waals surface area contributed by atoms with E-state index >= 15 is 0 Å². The summed E-state index contributed by atoms with van der Waals surface area (Å²) in [4.78, 5) is 31.4. The third-order valence-corrected chi connectivity index (χ3v) is 7.15. The van der Waals surface area contributed by atoms with Crippen molar-refractivity contribution in [1.82, 2.24) is 9.55 Å². The van der Waals surface area contributed by atoms with Crippen LogP contribution in [0.1, 0.15) is 6.92 Å². The summed E-state index contributed by atoms with van der Waals surface area (Å²) in [5.74, 6) is 0.929. The van der Waals surface area contributed by atoms with Gasteiger partial charge in [-0.3, -0.25) is 14.2 Å². The summed E-state index contributed by atoms with van der Waals surface area (Å²) < 4.78 is 12.0. The maximum absolute atomic E-state index is 13.2. The third kappa shape index (κ3) is 4.74. The van der Waals surface area contributed by atoms with E-state index in [2.05, 4.69) is 5.32 Å². The maximum Gasteiger partial charge on any atom is 0.263 e. The van der Waals surface area contributed by atoms with Crippen LogP contribution in [0.5, 0.6) is 11.5 Å². The van der Waals surface area contributed by atoms with Crippen LogP contribution in [0, 0.1) is 0 Å². The second kappa shape index (κ2) is 9.68. The van der Waals surface area contributed by atoms with Gasteiger partial charge in [-0.15, -0.1) is 11.3 Å². The number of thiophene rings is 1. The number of thioether (sulfide) groups is 1. The minimum absolute atomic E-state index is 0.132. The third-order valence-electron chi connectivity index (χ3n) is 5.13. The quantitative estimate of drug-likeness (QED) is 0.302. The number of amides is 1. The number of hydrogen-bond donors (Lipinski definition) is 1. The van der Waals surface area contributed by atoms with E-state index in [1.165, 1.54) is 27.7 Å². The van der Waals surface area contributed by atoms with Crippen LogP contribution in [0.15, 0.2) is 63.9 Å². The molecule has 0 saturated carbocycles. The van der Waals surface area contributed by atoms with Gasteiger partial charge in [0, 0.05) is 41.9 Å². The van der Waals surface area contributed by atoms with Gasteiger partial charge in [0.2, 0.25) is 5.91 Å². The number of carbonyl (C=O) groups excluding carboxylic acids is 1. The van der Waals surface area contributed by atoms with Crippen LogP contribution in [-0.4, -0.2) is 34.9 Å². The molecule has 9 heteroatoms. The highest BCUT2D eigenvalue weighted by Gasteiger charge is 2.21. The van der Waals surface area contributed by atoms with Crippen molar-refractivity contribution >= 4 is 44.9 Å². The first-order valence-electron chi connectivity index (χ1n) is 10.2. The standard InChI is InChI=1S/C24H23N3O4S2/c1-14(21(28)25-16-10-17(30-3)12-18(11-16)31-4)33-24-26-22-20(23(29)27(24)2)19(13-32-22)15-8-6-5-7-9-15/h5-14H,1-4H3,(H,25,28). The zero-order valence-electron chi connectivity index (χ0n) is 18.6. The molecule has 2 heterocycles. The Balaban J connectivity index is 1.58. The fourth-order valence-electron chi connectivity index (χ4n) is 3.32. The highest BCUT2D eigenvalue weighted by Crippen LogP contribution is 2.33. The molecule has 1 atom stereocenters. The lowest BCUT2D eigenvalue weighted by Gasteiger charge is -2.15. The van der Waals surface area contributed by atoms with Crippen LogP contribution in [0.4, 0.5) is 5.69 Å². The van der Waals surface area contributed by atoms with Crippen LogP contribution < -0.4 is 20.3 Å². The molecule has 0 bridgehead atoms. The largest absolute Gasteiger partial charge is 0.497 e. The molecule has 0 saturated heterocycles. The van der Waals surface area contributed by atoms with Crippen LogP contribution in [-0.2, 0) is 11.8 Å². The van der Waals surface area contributed by atoms with Gasteiger partial charge in [0.1, 0.15) is 16.3 Å². The van der Waals surface area contributed by atoms with E-state index in [0.29, 0.717) is 32.6 Å². The van der Waals surface area contributed by atoms with Crippen molar-refractivity contribution in [2.75, 3.05) is 19.5 Å². The molecule has 4 aromatic rings. The van der Waals surface area contributed by atoms with Gasteiger partial charge < -0.3 is 14.8 Å².